The van der Waals surface area contributed by atoms with Gasteiger partial charge >= 0.3 is 0 Å². The summed E-state index contributed by atoms with van der Waals surface area (Å²) in [6.45, 7) is 0. The summed E-state index contributed by atoms with van der Waals surface area (Å²) >= 11 is 2.98. The predicted molar refractivity (Wildman–Crippen MR) is 101 cm³/mol. The standard InChI is InChI=1S/C20H13F2NOS2/c21-13-5-6-14(16(22)9-13)15-11-26-20(17-4-2-8-25-17)18(15)19(24)12-3-1-7-23-10-12/h1-11,19,24H. The van der Waals surface area contributed by atoms with Crippen molar-refractivity contribution in [1.29, 1.82) is 0 Å². The van der Waals surface area contributed by atoms with E-state index in [4.69, 9.17) is 0 Å². The van der Waals surface area contributed by atoms with Crippen LogP contribution in [0, 0.1) is 11.6 Å². The van der Waals surface area contributed by atoms with Crippen LogP contribution in [0.5, 0.6) is 0 Å². The zero-order valence-electron chi connectivity index (χ0n) is 13.4. The molecule has 6 heteroatoms. The molecular formula is C20H13F2NOS2. The molecule has 130 valence electrons. The Morgan fingerprint density at radius 1 is 1.00 bits per heavy atom. The second kappa shape index (κ2) is 7.07. The van der Waals surface area contributed by atoms with Crippen LogP contribution in [0.15, 0.2) is 65.6 Å². The lowest BCUT2D eigenvalue weighted by Gasteiger charge is -2.15. The molecule has 1 unspecified atom stereocenters. The van der Waals surface area contributed by atoms with E-state index in [9.17, 15) is 13.9 Å². The minimum absolute atomic E-state index is 0.267. The minimum Gasteiger partial charge on any atom is -0.384 e. The van der Waals surface area contributed by atoms with E-state index >= 15 is 0 Å². The average Bonchev–Trinajstić information content (AvgIpc) is 3.31. The molecule has 0 aliphatic heterocycles. The predicted octanol–water partition coefficient (Wildman–Crippen LogP) is 5.90. The minimum atomic E-state index is -0.966. The normalized spacial score (nSPS) is 12.3. The summed E-state index contributed by atoms with van der Waals surface area (Å²) in [4.78, 5) is 5.92. The van der Waals surface area contributed by atoms with Gasteiger partial charge in [0, 0.05) is 45.6 Å². The SMILES string of the molecule is OC(c1cccnc1)c1c(-c2ccc(F)cc2F)csc1-c1cccs1. The van der Waals surface area contributed by atoms with Gasteiger partial charge in [-0.3, -0.25) is 4.98 Å². The van der Waals surface area contributed by atoms with Gasteiger partial charge in [0.25, 0.3) is 0 Å². The molecule has 1 atom stereocenters. The van der Waals surface area contributed by atoms with E-state index in [1.807, 2.05) is 17.5 Å². The second-order valence-electron chi connectivity index (χ2n) is 5.68. The fourth-order valence-corrected chi connectivity index (χ4v) is 4.85. The first kappa shape index (κ1) is 17.0. The van der Waals surface area contributed by atoms with Crippen molar-refractivity contribution in [3.8, 4) is 20.9 Å². The molecule has 1 N–H and O–H groups in total. The lowest BCUT2D eigenvalue weighted by molar-refractivity contribution is 0.221. The second-order valence-corrected chi connectivity index (χ2v) is 7.51. The molecule has 0 saturated heterocycles. The molecule has 0 aliphatic carbocycles. The lowest BCUT2D eigenvalue weighted by atomic mass is 9.94. The third-order valence-corrected chi connectivity index (χ3v) is 6.11. The maximum atomic E-state index is 14.4. The van der Waals surface area contributed by atoms with Crippen molar-refractivity contribution in [3.63, 3.8) is 0 Å². The van der Waals surface area contributed by atoms with Crippen molar-refractivity contribution >= 4 is 22.7 Å². The summed E-state index contributed by atoms with van der Waals surface area (Å²) < 4.78 is 27.7. The van der Waals surface area contributed by atoms with Crippen molar-refractivity contribution in [1.82, 2.24) is 4.98 Å². The van der Waals surface area contributed by atoms with E-state index in [0.717, 1.165) is 15.8 Å². The summed E-state index contributed by atoms with van der Waals surface area (Å²) in [6.07, 6.45) is 2.25. The summed E-state index contributed by atoms with van der Waals surface area (Å²) in [6, 6.07) is 10.9. The molecule has 0 saturated carbocycles. The number of aromatic nitrogens is 1. The Balaban J connectivity index is 1.93. The van der Waals surface area contributed by atoms with Gasteiger partial charge in [0.15, 0.2) is 0 Å². The van der Waals surface area contributed by atoms with Gasteiger partial charge in [0.2, 0.25) is 0 Å². The van der Waals surface area contributed by atoms with E-state index in [2.05, 4.69) is 4.98 Å². The highest BCUT2D eigenvalue weighted by atomic mass is 32.1. The van der Waals surface area contributed by atoms with Gasteiger partial charge in [-0.1, -0.05) is 12.1 Å². The summed E-state index contributed by atoms with van der Waals surface area (Å²) in [5, 5.41) is 14.8. The molecule has 1 aromatic carbocycles. The van der Waals surface area contributed by atoms with Crippen LogP contribution in [-0.4, -0.2) is 10.1 Å². The van der Waals surface area contributed by atoms with E-state index < -0.39 is 17.7 Å². The zero-order chi connectivity index (χ0) is 18.1. The number of hydrogen-bond acceptors (Lipinski definition) is 4. The molecule has 3 heterocycles. The van der Waals surface area contributed by atoms with E-state index in [0.29, 0.717) is 16.7 Å². The fourth-order valence-electron chi connectivity index (χ4n) is 2.86. The molecule has 2 nitrogen and oxygen atoms in total. The molecule has 4 rings (SSSR count). The largest absolute Gasteiger partial charge is 0.384 e. The highest BCUT2D eigenvalue weighted by molar-refractivity contribution is 7.20. The number of nitrogens with zero attached hydrogens (tertiary/aromatic N) is 1. The van der Waals surface area contributed by atoms with Crippen molar-refractivity contribution < 1.29 is 13.9 Å². The fraction of sp³-hybridized carbons (Fsp3) is 0.0500. The van der Waals surface area contributed by atoms with Crippen LogP contribution >= 0.6 is 22.7 Å². The Hall–Kier alpha value is -2.41. The van der Waals surface area contributed by atoms with Crippen LogP contribution in [0.2, 0.25) is 0 Å². The van der Waals surface area contributed by atoms with Crippen LogP contribution < -0.4 is 0 Å². The Labute approximate surface area is 157 Å². The molecule has 4 aromatic rings. The quantitative estimate of drug-likeness (QED) is 0.474. The molecule has 0 aliphatic rings. The third kappa shape index (κ3) is 3.07. The van der Waals surface area contributed by atoms with Gasteiger partial charge in [-0.2, -0.15) is 0 Å². The number of hydrogen-bond donors (Lipinski definition) is 1. The van der Waals surface area contributed by atoms with Crippen LogP contribution in [0.25, 0.3) is 20.9 Å². The first-order valence-electron chi connectivity index (χ1n) is 7.84. The Morgan fingerprint density at radius 2 is 1.88 bits per heavy atom. The molecule has 3 aromatic heterocycles. The average molecular weight is 385 g/mol. The van der Waals surface area contributed by atoms with E-state index in [1.165, 1.54) is 23.5 Å². The van der Waals surface area contributed by atoms with Crippen molar-refractivity contribution in [2.45, 2.75) is 6.10 Å². The van der Waals surface area contributed by atoms with Crippen LogP contribution in [0.1, 0.15) is 17.2 Å². The van der Waals surface area contributed by atoms with Crippen LogP contribution in [0.4, 0.5) is 8.78 Å². The number of thiophene rings is 2. The topological polar surface area (TPSA) is 33.1 Å². The molecular weight excluding hydrogens is 372 g/mol. The monoisotopic (exact) mass is 385 g/mol. The Bertz CT molecular complexity index is 1030. The van der Waals surface area contributed by atoms with Gasteiger partial charge < -0.3 is 5.11 Å². The highest BCUT2D eigenvalue weighted by Crippen LogP contribution is 2.45. The number of rotatable bonds is 4. The van der Waals surface area contributed by atoms with E-state index in [1.54, 1.807) is 41.2 Å². The van der Waals surface area contributed by atoms with Gasteiger partial charge in [-0.25, -0.2) is 8.78 Å². The summed E-state index contributed by atoms with van der Waals surface area (Å²) in [7, 11) is 0. The molecule has 26 heavy (non-hydrogen) atoms. The van der Waals surface area contributed by atoms with Gasteiger partial charge in [0.05, 0.1) is 4.88 Å². The maximum Gasteiger partial charge on any atom is 0.133 e. The van der Waals surface area contributed by atoms with Crippen LogP contribution in [0.3, 0.4) is 0 Å². The first-order valence-corrected chi connectivity index (χ1v) is 9.59. The third-order valence-electron chi connectivity index (χ3n) is 4.07. The van der Waals surface area contributed by atoms with Crippen molar-refractivity contribution in [2.24, 2.45) is 0 Å². The molecule has 0 bridgehead atoms. The summed E-state index contributed by atoms with van der Waals surface area (Å²) in [5.41, 5.74) is 2.05. The number of halogens is 2. The molecule has 0 spiro atoms. The highest BCUT2D eigenvalue weighted by Gasteiger charge is 2.24. The maximum absolute atomic E-state index is 14.4. The van der Waals surface area contributed by atoms with Crippen LogP contribution in [-0.2, 0) is 0 Å². The number of benzene rings is 1. The molecule has 0 radical (unpaired) electrons. The van der Waals surface area contributed by atoms with Gasteiger partial charge in [0.1, 0.15) is 17.7 Å². The number of aliphatic hydroxyl groups is 1. The lowest BCUT2D eigenvalue weighted by Crippen LogP contribution is -2.02. The zero-order valence-corrected chi connectivity index (χ0v) is 15.0. The number of aliphatic hydroxyl groups excluding tert-OH is 1. The Morgan fingerprint density at radius 3 is 2.58 bits per heavy atom. The van der Waals surface area contributed by atoms with Gasteiger partial charge in [-0.15, -0.1) is 22.7 Å². The number of pyridine rings is 1. The van der Waals surface area contributed by atoms with E-state index in [-0.39, 0.29) is 5.56 Å². The molecule has 0 amide bonds. The Kier molecular flexibility index (Phi) is 4.63. The van der Waals surface area contributed by atoms with Crippen molar-refractivity contribution in [2.75, 3.05) is 0 Å². The van der Waals surface area contributed by atoms with Crippen molar-refractivity contribution in [3.05, 3.63) is 88.4 Å². The van der Waals surface area contributed by atoms with Gasteiger partial charge in [-0.05, 0) is 35.0 Å². The first-order chi connectivity index (χ1) is 12.6. The molecule has 0 fully saturated rings. The summed E-state index contributed by atoms with van der Waals surface area (Å²) in [5.74, 6) is -1.28. The smallest absolute Gasteiger partial charge is 0.133 e.